The molecule has 84 heavy (non-hydrogen) atoms. The number of piperazine rings is 4. The number of ether oxygens (including phenoxy) is 3. The van der Waals surface area contributed by atoms with Crippen LogP contribution in [0.5, 0.6) is 0 Å². The van der Waals surface area contributed by atoms with Gasteiger partial charge in [-0.25, -0.2) is 41.6 Å². The number of amides is 4. The second-order valence-corrected chi connectivity index (χ2v) is 23.3. The zero-order valence-corrected chi connectivity index (χ0v) is 50.1. The van der Waals surface area contributed by atoms with E-state index in [1.807, 2.05) is 88.0 Å². The smallest absolute Gasteiger partial charge is 0.410 e. The van der Waals surface area contributed by atoms with E-state index in [9.17, 15) is 36.7 Å². The molecule has 4 aromatic carbocycles. The first kappa shape index (κ1) is 66.8. The van der Waals surface area contributed by atoms with Crippen molar-refractivity contribution in [1.29, 1.82) is 0 Å². The van der Waals surface area contributed by atoms with Gasteiger partial charge in [-0.3, -0.25) is 4.79 Å². The van der Waals surface area contributed by atoms with Crippen molar-refractivity contribution in [2.45, 2.75) is 99.1 Å². The quantitative estimate of drug-likeness (QED) is 0.0906. The molecule has 19 nitrogen and oxygen atoms in total. The maximum Gasteiger partial charge on any atom is 0.410 e. The van der Waals surface area contributed by atoms with Crippen LogP contribution in [0.15, 0.2) is 72.8 Å². The van der Waals surface area contributed by atoms with E-state index in [0.29, 0.717) is 126 Å². The summed E-state index contributed by atoms with van der Waals surface area (Å²) in [5, 5.41) is 5.86. The summed E-state index contributed by atoms with van der Waals surface area (Å²) in [5.74, 6) is -1.45. The minimum absolute atomic E-state index is 0.150. The number of hydrogen-bond acceptors (Lipinski definition) is 13. The van der Waals surface area contributed by atoms with E-state index in [-0.39, 0.29) is 47.3 Å². The number of hydrogen-bond donors (Lipinski definition) is 3. The van der Waals surface area contributed by atoms with Crippen molar-refractivity contribution >= 4 is 58.3 Å². The predicted octanol–water partition coefficient (Wildman–Crippen LogP) is 10.1. The van der Waals surface area contributed by atoms with Gasteiger partial charge in [0, 0.05) is 125 Å². The van der Waals surface area contributed by atoms with Gasteiger partial charge in [-0.05, 0) is 122 Å². The van der Waals surface area contributed by atoms with Gasteiger partial charge in [0.25, 0.3) is 0 Å². The van der Waals surface area contributed by atoms with Gasteiger partial charge >= 0.3 is 18.3 Å². The third kappa shape index (κ3) is 21.3. The maximum atomic E-state index is 14.4. The minimum Gasteiger partial charge on any atom is -0.444 e. The number of anilines is 4. The molecular formula is C61H82F4N12O7. The molecule has 4 aromatic rings. The zero-order valence-electron chi connectivity index (χ0n) is 50.1. The third-order valence-corrected chi connectivity index (χ3v) is 13.2. The number of nitrogens with zero attached hydrogens (tertiary/aromatic N) is 9. The van der Waals surface area contributed by atoms with Gasteiger partial charge in [-0.2, -0.15) is 0 Å². The molecular weight excluding hydrogens is 1090 g/mol. The Kier molecular flexibility index (Phi) is 24.3. The summed E-state index contributed by atoms with van der Waals surface area (Å²) in [5.41, 5.74) is 8.23. The van der Waals surface area contributed by atoms with Gasteiger partial charge in [0.1, 0.15) is 40.1 Å². The lowest BCUT2D eigenvalue weighted by Gasteiger charge is -2.36. The first-order chi connectivity index (χ1) is 39.6. The highest BCUT2D eigenvalue weighted by atomic mass is 19.1. The molecule has 23 heteroatoms. The second kappa shape index (κ2) is 30.5. The van der Waals surface area contributed by atoms with Gasteiger partial charge in [-0.15, -0.1) is 0 Å². The van der Waals surface area contributed by atoms with Crippen molar-refractivity contribution in [3.05, 3.63) is 130 Å². The number of rotatable bonds is 7. The van der Waals surface area contributed by atoms with Gasteiger partial charge in [0.05, 0.1) is 35.9 Å². The molecule has 0 spiro atoms. The molecule has 0 radical (unpaired) electrons. The number of carbonyl (C=O) groups is 4. The Labute approximate surface area is 492 Å². The zero-order chi connectivity index (χ0) is 61.9. The van der Waals surface area contributed by atoms with E-state index >= 15 is 0 Å². The van der Waals surface area contributed by atoms with Gasteiger partial charge in [0.15, 0.2) is 11.4 Å². The molecule has 0 bridgehead atoms. The number of nitrogens with two attached hydrogens (primary N) is 1. The molecule has 4 N–H and O–H groups in total. The Morgan fingerprint density at radius 1 is 0.488 bits per heavy atom. The number of nitrogens with one attached hydrogen (secondary N) is 2. The summed E-state index contributed by atoms with van der Waals surface area (Å²) < 4.78 is 72.2. The van der Waals surface area contributed by atoms with Crippen LogP contribution in [-0.2, 0) is 32.1 Å². The van der Waals surface area contributed by atoms with Crippen molar-refractivity contribution < 1.29 is 51.0 Å². The van der Waals surface area contributed by atoms with Gasteiger partial charge in [0.2, 0.25) is 5.91 Å². The first-order valence-electron chi connectivity index (χ1n) is 28.1. The van der Waals surface area contributed by atoms with E-state index in [1.54, 1.807) is 57.2 Å². The summed E-state index contributed by atoms with van der Waals surface area (Å²) in [4.78, 5) is 66.1. The molecule has 0 unspecified atom stereocenters. The normalized spacial score (nSPS) is 15.6. The summed E-state index contributed by atoms with van der Waals surface area (Å²) in [6, 6.07) is 19.1. The number of benzene rings is 4. The summed E-state index contributed by atoms with van der Waals surface area (Å²) in [7, 11) is 0. The fraction of sp³-hybridized carbons (Fsp3) is 0.508. The maximum absolute atomic E-state index is 14.4. The molecule has 0 saturated carbocycles. The van der Waals surface area contributed by atoms with E-state index in [0.717, 1.165) is 31.7 Å². The summed E-state index contributed by atoms with van der Waals surface area (Å²) in [6.45, 7) is 41.9. The van der Waals surface area contributed by atoms with E-state index in [2.05, 4.69) is 20.3 Å². The topological polar surface area (TPSA) is 177 Å². The van der Waals surface area contributed by atoms with Crippen LogP contribution in [0.25, 0.3) is 9.69 Å². The first-order valence-corrected chi connectivity index (χ1v) is 28.1. The molecule has 4 aliphatic rings. The van der Waals surface area contributed by atoms with Crippen molar-refractivity contribution in [3.63, 3.8) is 0 Å². The van der Waals surface area contributed by atoms with Crippen LogP contribution in [0.3, 0.4) is 0 Å². The highest BCUT2D eigenvalue weighted by molar-refractivity contribution is 5.73. The molecule has 456 valence electrons. The highest BCUT2D eigenvalue weighted by Crippen LogP contribution is 2.28. The monoisotopic (exact) mass is 1170 g/mol. The summed E-state index contributed by atoms with van der Waals surface area (Å²) >= 11 is 0. The third-order valence-electron chi connectivity index (χ3n) is 13.2. The average Bonchev–Trinajstić information content (AvgIpc) is 3.39. The lowest BCUT2D eigenvalue weighted by atomic mass is 10.1. The Balaban J connectivity index is 0.000000207. The molecule has 4 aliphatic heterocycles. The lowest BCUT2D eigenvalue weighted by Crippen LogP contribution is -2.50. The largest absolute Gasteiger partial charge is 0.444 e. The molecule has 4 amide bonds. The molecule has 0 atom stereocenters. The van der Waals surface area contributed by atoms with Crippen molar-refractivity contribution in [1.82, 2.24) is 25.3 Å². The van der Waals surface area contributed by atoms with E-state index < -0.39 is 22.6 Å². The number of carbonyl (C=O) groups excluding carboxylic acids is 4. The minimum atomic E-state index is -0.524. The fourth-order valence-electron chi connectivity index (χ4n) is 9.00. The van der Waals surface area contributed by atoms with Crippen LogP contribution in [0, 0.1) is 36.4 Å². The Hall–Kier alpha value is -8.02. The van der Waals surface area contributed by atoms with Crippen molar-refractivity contribution in [2.24, 2.45) is 5.73 Å². The Bertz CT molecular complexity index is 2940. The molecule has 4 saturated heterocycles. The molecule has 0 aliphatic carbocycles. The Morgan fingerprint density at radius 3 is 1.07 bits per heavy atom. The van der Waals surface area contributed by atoms with E-state index in [1.165, 1.54) is 31.2 Å². The molecule has 4 fully saturated rings. The number of halogens is 4. The second-order valence-electron chi connectivity index (χ2n) is 23.3. The van der Waals surface area contributed by atoms with Crippen LogP contribution in [0.2, 0.25) is 0 Å². The Morgan fingerprint density at radius 2 is 0.786 bits per heavy atom. The van der Waals surface area contributed by atoms with Crippen LogP contribution in [0.4, 0.5) is 66.1 Å². The molecule has 8 rings (SSSR count). The molecule has 0 aromatic heterocycles. The highest BCUT2D eigenvalue weighted by Gasteiger charge is 2.30. The van der Waals surface area contributed by atoms with Crippen LogP contribution < -0.4 is 36.0 Å². The van der Waals surface area contributed by atoms with E-state index in [4.69, 9.17) is 33.1 Å². The van der Waals surface area contributed by atoms with Gasteiger partial charge < -0.3 is 64.9 Å². The van der Waals surface area contributed by atoms with Crippen molar-refractivity contribution in [3.8, 4) is 0 Å². The van der Waals surface area contributed by atoms with Crippen LogP contribution in [-0.4, -0.2) is 160 Å². The lowest BCUT2D eigenvalue weighted by molar-refractivity contribution is -0.119. The fourth-order valence-corrected chi connectivity index (χ4v) is 9.00. The van der Waals surface area contributed by atoms with Crippen molar-refractivity contribution in [2.75, 3.05) is 124 Å². The SMILES string of the molecule is CC(=O)NCc1ccc(N2CCN(C(=O)OC(C)(C)C)CC2)c(F)c1.CC(C)(C)OC(=O)N1CCN(c2ccc(CN)cc2F)CC1.[C-]#[N+]c1ccc(N2CCN(C(=O)OC(C)(C)C)CC2)c(F)c1.[C-]#[N+]c1ccc(N2CCNCC2)c(F)c1. The van der Waals surface area contributed by atoms with Gasteiger partial charge in [-0.1, -0.05) is 24.3 Å². The van der Waals surface area contributed by atoms with Crippen LogP contribution in [0.1, 0.15) is 80.4 Å². The predicted molar refractivity (Wildman–Crippen MR) is 319 cm³/mol. The summed E-state index contributed by atoms with van der Waals surface area (Å²) in [6.07, 6.45) is -0.986. The molecule has 4 heterocycles. The van der Waals surface area contributed by atoms with Crippen LogP contribution >= 0.6 is 0 Å². The average molecular weight is 1170 g/mol. The standard InChI is InChI=1S/C18H26FN3O3.C16H20FN3O2.C16H24FN3O2.C11H12FN3/c1-13(23)20-12-14-5-6-16(15(19)11-14)21-7-9-22(10-8-21)17(24)25-18(2,3)4;1-16(2,3)22-15(21)20-9-7-19(8-10-20)14-6-5-12(18-4)11-13(14)17;1-16(2,3)22-15(21)20-8-6-19(7-9-20)14-5-4-12(11-18)10-13(14)17;1-13-9-2-3-11(10(12)8-9)15-6-4-14-5-7-15/h5-6,11H,7-10,12H2,1-4H3,(H,20,23);5-6,11H,7-10H2,1-3H3;4-5,10H,6-9,11,18H2,1-3H3;2-3,8,14H,4-7H2.